The molecule has 0 unspecified atom stereocenters. The van der Waals surface area contributed by atoms with Gasteiger partial charge in [0.05, 0.1) is 6.20 Å². The summed E-state index contributed by atoms with van der Waals surface area (Å²) in [5, 5.41) is 0.232. The van der Waals surface area contributed by atoms with Crippen LogP contribution < -0.4 is 0 Å². The fourth-order valence-corrected chi connectivity index (χ4v) is 4.82. The van der Waals surface area contributed by atoms with Crippen LogP contribution in [-0.4, -0.2) is 35.8 Å². The number of hydrogen-bond donors (Lipinski definition) is 1. The van der Waals surface area contributed by atoms with E-state index in [0.29, 0.717) is 18.9 Å². The molecule has 1 saturated carbocycles. The summed E-state index contributed by atoms with van der Waals surface area (Å²) in [4.78, 5) is 6.81. The molecule has 6 heteroatoms. The molecule has 18 heavy (non-hydrogen) atoms. The monoisotopic (exact) mass is 269 g/mol. The molecule has 2 heterocycles. The fraction of sp³-hybridized carbons (Fsp3) is 0.750. The predicted molar refractivity (Wildman–Crippen MR) is 67.6 cm³/mol. The first-order valence-electron chi connectivity index (χ1n) is 6.54. The van der Waals surface area contributed by atoms with E-state index in [1.165, 1.54) is 31.9 Å². The van der Waals surface area contributed by atoms with Crippen molar-refractivity contribution in [1.29, 1.82) is 0 Å². The van der Waals surface area contributed by atoms with Crippen molar-refractivity contribution in [2.45, 2.75) is 44.1 Å². The molecule has 1 spiro atoms. The van der Waals surface area contributed by atoms with Crippen molar-refractivity contribution < 1.29 is 8.42 Å². The van der Waals surface area contributed by atoms with Crippen molar-refractivity contribution in [3.63, 3.8) is 0 Å². The van der Waals surface area contributed by atoms with Crippen LogP contribution in [0.1, 0.15) is 37.9 Å². The van der Waals surface area contributed by atoms with E-state index in [4.69, 9.17) is 0 Å². The zero-order valence-electron chi connectivity index (χ0n) is 10.6. The zero-order valence-corrected chi connectivity index (χ0v) is 11.5. The average molecular weight is 269 g/mol. The molecule has 1 saturated heterocycles. The van der Waals surface area contributed by atoms with Crippen LogP contribution >= 0.6 is 0 Å². The number of hydrogen-bond acceptors (Lipinski definition) is 3. The molecule has 2 aliphatic rings. The van der Waals surface area contributed by atoms with Crippen molar-refractivity contribution in [1.82, 2.24) is 14.3 Å². The van der Waals surface area contributed by atoms with E-state index in [2.05, 4.69) is 9.97 Å². The van der Waals surface area contributed by atoms with Crippen LogP contribution in [0.25, 0.3) is 0 Å². The summed E-state index contributed by atoms with van der Waals surface area (Å²) in [5.74, 6) is 0.642. The second-order valence-electron chi connectivity index (χ2n) is 5.63. The van der Waals surface area contributed by atoms with Crippen LogP contribution in [0.15, 0.2) is 11.2 Å². The third-order valence-corrected chi connectivity index (χ3v) is 6.12. The van der Waals surface area contributed by atoms with E-state index in [1.54, 1.807) is 11.2 Å². The molecule has 1 N–H and O–H groups in total. The molecule has 1 aliphatic heterocycles. The van der Waals surface area contributed by atoms with Gasteiger partial charge in [0.2, 0.25) is 0 Å². The van der Waals surface area contributed by atoms with Gasteiger partial charge in [-0.25, -0.2) is 13.4 Å². The summed E-state index contributed by atoms with van der Waals surface area (Å²) in [5.41, 5.74) is 0.266. The third kappa shape index (κ3) is 1.87. The number of nitrogens with one attached hydrogen (secondary N) is 1. The minimum atomic E-state index is -3.37. The van der Waals surface area contributed by atoms with Crippen LogP contribution in [0.5, 0.6) is 0 Å². The first-order valence-corrected chi connectivity index (χ1v) is 7.98. The Morgan fingerprint density at radius 3 is 2.67 bits per heavy atom. The highest BCUT2D eigenvalue weighted by Gasteiger charge is 2.44. The zero-order chi connectivity index (χ0) is 12.8. The quantitative estimate of drug-likeness (QED) is 0.888. The van der Waals surface area contributed by atoms with Crippen molar-refractivity contribution >= 4 is 10.0 Å². The van der Waals surface area contributed by atoms with Crippen LogP contribution in [0.2, 0.25) is 0 Å². The van der Waals surface area contributed by atoms with E-state index in [0.717, 1.165) is 6.42 Å². The second kappa shape index (κ2) is 4.06. The Labute approximate surface area is 108 Å². The van der Waals surface area contributed by atoms with Gasteiger partial charge in [0.25, 0.3) is 10.0 Å². The number of rotatable bonds is 2. The Morgan fingerprint density at radius 1 is 1.33 bits per heavy atom. The molecule has 100 valence electrons. The summed E-state index contributed by atoms with van der Waals surface area (Å²) in [6, 6.07) is 0. The van der Waals surface area contributed by atoms with Gasteiger partial charge in [-0.1, -0.05) is 12.8 Å². The van der Waals surface area contributed by atoms with Gasteiger partial charge >= 0.3 is 0 Å². The maximum Gasteiger partial charge on any atom is 0.260 e. The van der Waals surface area contributed by atoms with Crippen LogP contribution in [0.4, 0.5) is 0 Å². The Kier molecular flexibility index (Phi) is 2.75. The van der Waals surface area contributed by atoms with E-state index >= 15 is 0 Å². The van der Waals surface area contributed by atoms with Crippen LogP contribution in [-0.2, 0) is 10.0 Å². The minimum Gasteiger partial charge on any atom is -0.332 e. The van der Waals surface area contributed by atoms with Crippen molar-refractivity contribution in [2.75, 3.05) is 13.1 Å². The molecule has 0 aromatic carbocycles. The summed E-state index contributed by atoms with van der Waals surface area (Å²) in [6.45, 7) is 3.11. The lowest BCUT2D eigenvalue weighted by Gasteiger charge is -2.22. The Balaban J connectivity index is 1.83. The predicted octanol–water partition coefficient (Wildman–Crippen LogP) is 1.67. The van der Waals surface area contributed by atoms with E-state index < -0.39 is 10.0 Å². The lowest BCUT2D eigenvalue weighted by molar-refractivity contribution is 0.313. The van der Waals surface area contributed by atoms with Gasteiger partial charge in [0.1, 0.15) is 5.82 Å². The molecule has 0 radical (unpaired) electrons. The van der Waals surface area contributed by atoms with Crippen molar-refractivity contribution in [2.24, 2.45) is 5.41 Å². The molecule has 0 bridgehead atoms. The Morgan fingerprint density at radius 2 is 2.06 bits per heavy atom. The van der Waals surface area contributed by atoms with Gasteiger partial charge in [0, 0.05) is 13.1 Å². The number of imidazole rings is 1. The molecule has 1 aromatic rings. The summed E-state index contributed by atoms with van der Waals surface area (Å²) >= 11 is 0. The molecule has 3 rings (SSSR count). The number of aryl methyl sites for hydroxylation is 1. The SMILES string of the molecule is Cc1ncc(S(=O)(=O)N2CCC3(CCCC3)C2)[nH]1. The highest BCUT2D eigenvalue weighted by atomic mass is 32.2. The van der Waals surface area contributed by atoms with E-state index in [1.807, 2.05) is 0 Å². The largest absolute Gasteiger partial charge is 0.332 e. The van der Waals surface area contributed by atoms with Crippen molar-refractivity contribution in [3.8, 4) is 0 Å². The summed E-state index contributed by atoms with van der Waals surface area (Å²) in [6.07, 6.45) is 7.29. The Bertz CT molecular complexity index is 543. The number of aromatic amines is 1. The first-order chi connectivity index (χ1) is 8.52. The molecule has 1 aliphatic carbocycles. The smallest absolute Gasteiger partial charge is 0.260 e. The maximum absolute atomic E-state index is 12.4. The molecule has 1 aromatic heterocycles. The number of H-pyrrole nitrogens is 1. The van der Waals surface area contributed by atoms with Crippen molar-refractivity contribution in [3.05, 3.63) is 12.0 Å². The van der Waals surface area contributed by atoms with Gasteiger partial charge in [-0.2, -0.15) is 4.31 Å². The average Bonchev–Trinajstić information content (AvgIpc) is 3.02. The topological polar surface area (TPSA) is 66.1 Å². The molecule has 2 fully saturated rings. The van der Waals surface area contributed by atoms with Gasteiger partial charge in [-0.3, -0.25) is 0 Å². The first kappa shape index (κ1) is 12.2. The molecular formula is C12H19N3O2S. The number of sulfonamides is 1. The molecular weight excluding hydrogens is 250 g/mol. The minimum absolute atomic E-state index is 0.232. The number of aromatic nitrogens is 2. The molecule has 0 amide bonds. The van der Waals surface area contributed by atoms with Gasteiger partial charge < -0.3 is 4.98 Å². The highest BCUT2D eigenvalue weighted by molar-refractivity contribution is 7.89. The molecule has 0 atom stereocenters. The molecule has 5 nitrogen and oxygen atoms in total. The van der Waals surface area contributed by atoms with Gasteiger partial charge in [-0.05, 0) is 31.6 Å². The third-order valence-electron chi connectivity index (χ3n) is 4.36. The normalized spacial score (nSPS) is 24.1. The Hall–Kier alpha value is -0.880. The fourth-order valence-electron chi connectivity index (χ4n) is 3.30. The maximum atomic E-state index is 12.4. The van der Waals surface area contributed by atoms with Crippen LogP contribution in [0.3, 0.4) is 0 Å². The van der Waals surface area contributed by atoms with E-state index in [-0.39, 0.29) is 10.4 Å². The second-order valence-corrected chi connectivity index (χ2v) is 7.53. The van der Waals surface area contributed by atoms with Gasteiger partial charge in [-0.15, -0.1) is 0 Å². The summed E-state index contributed by atoms with van der Waals surface area (Å²) < 4.78 is 26.5. The lowest BCUT2D eigenvalue weighted by Crippen LogP contribution is -2.31. The number of nitrogens with zero attached hydrogens (tertiary/aromatic N) is 2. The lowest BCUT2D eigenvalue weighted by atomic mass is 9.86. The van der Waals surface area contributed by atoms with Gasteiger partial charge in [0.15, 0.2) is 5.03 Å². The van der Waals surface area contributed by atoms with Crippen LogP contribution in [0, 0.1) is 12.3 Å². The summed E-state index contributed by atoms with van der Waals surface area (Å²) in [7, 11) is -3.37. The standard InChI is InChI=1S/C12H19N3O2S/c1-10-13-8-11(14-10)18(16,17)15-7-6-12(9-15)4-2-3-5-12/h8H,2-7,9H2,1H3,(H,13,14). The highest BCUT2D eigenvalue weighted by Crippen LogP contribution is 2.46. The van der Waals surface area contributed by atoms with E-state index in [9.17, 15) is 8.42 Å².